The van der Waals surface area contributed by atoms with E-state index in [0.717, 1.165) is 31.2 Å². The molecule has 1 fully saturated rings. The number of rotatable bonds is 5. The summed E-state index contributed by atoms with van der Waals surface area (Å²) >= 11 is 0. The molecular formula is C22H23N3O2. The van der Waals surface area contributed by atoms with Crippen molar-refractivity contribution in [2.75, 3.05) is 0 Å². The predicted octanol–water partition coefficient (Wildman–Crippen LogP) is 4.71. The van der Waals surface area contributed by atoms with Gasteiger partial charge in [-0.15, -0.1) is 0 Å². The summed E-state index contributed by atoms with van der Waals surface area (Å²) in [4.78, 5) is 19.6. The topological polar surface area (TPSA) is 59.2 Å². The molecule has 0 aliphatic heterocycles. The molecule has 0 saturated heterocycles. The molecule has 1 amide bonds. The molecule has 1 heterocycles. The molecule has 1 saturated carbocycles. The molecule has 5 heteroatoms. The van der Waals surface area contributed by atoms with Crippen LogP contribution in [0.2, 0.25) is 0 Å². The highest BCUT2D eigenvalue weighted by molar-refractivity contribution is 5.94. The van der Waals surface area contributed by atoms with Crippen molar-refractivity contribution < 1.29 is 9.32 Å². The van der Waals surface area contributed by atoms with Crippen molar-refractivity contribution >= 4 is 5.91 Å². The standard InChI is InChI=1S/C22H23N3O2/c26-22(18-12-6-2-7-13-18)25(19-14-8-3-9-15-19)16-20-23-21(24-27-20)17-10-4-1-5-11-17/h1-2,4-7,10-13,19H,3,8-9,14-16H2. The molecule has 2 aromatic carbocycles. The second-order valence-corrected chi connectivity index (χ2v) is 6.97. The Bertz CT molecular complexity index is 871. The molecule has 0 N–H and O–H groups in total. The smallest absolute Gasteiger partial charge is 0.254 e. The van der Waals surface area contributed by atoms with E-state index in [4.69, 9.17) is 4.52 Å². The van der Waals surface area contributed by atoms with E-state index in [2.05, 4.69) is 10.1 Å². The van der Waals surface area contributed by atoms with Gasteiger partial charge in [0, 0.05) is 17.2 Å². The van der Waals surface area contributed by atoms with E-state index >= 15 is 0 Å². The van der Waals surface area contributed by atoms with Crippen LogP contribution in [0, 0.1) is 0 Å². The van der Waals surface area contributed by atoms with Crippen LogP contribution in [-0.4, -0.2) is 27.0 Å². The van der Waals surface area contributed by atoms with Gasteiger partial charge in [-0.2, -0.15) is 4.98 Å². The Morgan fingerprint density at radius 1 is 0.963 bits per heavy atom. The summed E-state index contributed by atoms with van der Waals surface area (Å²) in [7, 11) is 0. The van der Waals surface area contributed by atoms with Gasteiger partial charge in [0.2, 0.25) is 11.7 Å². The van der Waals surface area contributed by atoms with Crippen molar-refractivity contribution in [3.05, 3.63) is 72.1 Å². The van der Waals surface area contributed by atoms with E-state index < -0.39 is 0 Å². The molecule has 0 spiro atoms. The molecular weight excluding hydrogens is 338 g/mol. The zero-order valence-electron chi connectivity index (χ0n) is 15.3. The van der Waals surface area contributed by atoms with Crippen molar-refractivity contribution in [2.45, 2.75) is 44.7 Å². The van der Waals surface area contributed by atoms with Crippen LogP contribution in [0.15, 0.2) is 65.2 Å². The van der Waals surface area contributed by atoms with Crippen LogP contribution in [0.1, 0.15) is 48.4 Å². The Morgan fingerprint density at radius 3 is 2.33 bits per heavy atom. The highest BCUT2D eigenvalue weighted by Gasteiger charge is 2.28. The fraction of sp³-hybridized carbons (Fsp3) is 0.318. The molecule has 138 valence electrons. The van der Waals surface area contributed by atoms with Crippen LogP contribution in [0.4, 0.5) is 0 Å². The first-order chi connectivity index (χ1) is 13.3. The van der Waals surface area contributed by atoms with E-state index in [1.807, 2.05) is 65.6 Å². The molecule has 1 aliphatic rings. The first-order valence-corrected chi connectivity index (χ1v) is 9.55. The van der Waals surface area contributed by atoms with Gasteiger partial charge in [-0.3, -0.25) is 4.79 Å². The van der Waals surface area contributed by atoms with Gasteiger partial charge in [0.15, 0.2) is 0 Å². The Kier molecular flexibility index (Phi) is 5.28. The highest BCUT2D eigenvalue weighted by Crippen LogP contribution is 2.26. The van der Waals surface area contributed by atoms with Gasteiger partial charge in [-0.05, 0) is 25.0 Å². The number of aromatic nitrogens is 2. The minimum absolute atomic E-state index is 0.0296. The van der Waals surface area contributed by atoms with Crippen LogP contribution in [0.5, 0.6) is 0 Å². The van der Waals surface area contributed by atoms with Crippen LogP contribution >= 0.6 is 0 Å². The number of amides is 1. The van der Waals surface area contributed by atoms with Gasteiger partial charge in [0.25, 0.3) is 5.91 Å². The van der Waals surface area contributed by atoms with Crippen LogP contribution < -0.4 is 0 Å². The largest absolute Gasteiger partial charge is 0.337 e. The zero-order valence-corrected chi connectivity index (χ0v) is 15.3. The van der Waals surface area contributed by atoms with Gasteiger partial charge in [0.1, 0.15) is 6.54 Å². The maximum Gasteiger partial charge on any atom is 0.254 e. The third kappa shape index (κ3) is 4.08. The van der Waals surface area contributed by atoms with E-state index in [1.165, 1.54) is 6.42 Å². The molecule has 1 aromatic heterocycles. The highest BCUT2D eigenvalue weighted by atomic mass is 16.5. The third-order valence-electron chi connectivity index (χ3n) is 5.10. The number of hydrogen-bond acceptors (Lipinski definition) is 4. The molecule has 27 heavy (non-hydrogen) atoms. The van der Waals surface area contributed by atoms with Crippen molar-refractivity contribution in [3.63, 3.8) is 0 Å². The first-order valence-electron chi connectivity index (χ1n) is 9.55. The van der Waals surface area contributed by atoms with E-state index in [-0.39, 0.29) is 11.9 Å². The Hall–Kier alpha value is -2.95. The lowest BCUT2D eigenvalue weighted by molar-refractivity contribution is 0.0586. The summed E-state index contributed by atoms with van der Waals surface area (Å²) in [6, 6.07) is 19.4. The molecule has 3 aromatic rings. The average Bonchev–Trinajstić information content (AvgIpc) is 3.22. The van der Waals surface area contributed by atoms with Crippen molar-refractivity contribution in [2.24, 2.45) is 0 Å². The van der Waals surface area contributed by atoms with Crippen LogP contribution in [0.25, 0.3) is 11.4 Å². The summed E-state index contributed by atoms with van der Waals surface area (Å²) in [5.41, 5.74) is 1.61. The molecule has 0 bridgehead atoms. The number of benzene rings is 2. The fourth-order valence-corrected chi connectivity index (χ4v) is 3.68. The van der Waals surface area contributed by atoms with Crippen LogP contribution in [0.3, 0.4) is 0 Å². The summed E-state index contributed by atoms with van der Waals surface area (Å²) < 4.78 is 5.47. The molecule has 4 rings (SSSR count). The van der Waals surface area contributed by atoms with Gasteiger partial charge >= 0.3 is 0 Å². The summed E-state index contributed by atoms with van der Waals surface area (Å²) in [5, 5.41) is 4.09. The van der Waals surface area contributed by atoms with Crippen LogP contribution in [-0.2, 0) is 6.54 Å². The molecule has 0 atom stereocenters. The monoisotopic (exact) mass is 361 g/mol. The lowest BCUT2D eigenvalue weighted by Crippen LogP contribution is -2.41. The van der Waals surface area contributed by atoms with E-state index in [9.17, 15) is 4.79 Å². The number of carbonyl (C=O) groups is 1. The second kappa shape index (κ2) is 8.16. The zero-order chi connectivity index (χ0) is 18.5. The molecule has 1 aliphatic carbocycles. The minimum Gasteiger partial charge on any atom is -0.337 e. The second-order valence-electron chi connectivity index (χ2n) is 6.97. The molecule has 0 unspecified atom stereocenters. The lowest BCUT2D eigenvalue weighted by Gasteiger charge is -2.33. The predicted molar refractivity (Wildman–Crippen MR) is 103 cm³/mol. The molecule has 0 radical (unpaired) electrons. The van der Waals surface area contributed by atoms with Gasteiger partial charge in [-0.25, -0.2) is 0 Å². The Morgan fingerprint density at radius 2 is 1.63 bits per heavy atom. The number of hydrogen-bond donors (Lipinski definition) is 0. The lowest BCUT2D eigenvalue weighted by atomic mass is 9.93. The SMILES string of the molecule is O=C(c1ccccc1)N(Cc1nc(-c2ccccc2)no1)C1CCCCC1. The maximum atomic E-state index is 13.2. The third-order valence-corrected chi connectivity index (χ3v) is 5.10. The minimum atomic E-state index is 0.0296. The van der Waals surface area contributed by atoms with Crippen molar-refractivity contribution in [3.8, 4) is 11.4 Å². The summed E-state index contributed by atoms with van der Waals surface area (Å²) in [6.07, 6.45) is 5.60. The maximum absolute atomic E-state index is 13.2. The van der Waals surface area contributed by atoms with Crippen molar-refractivity contribution in [1.29, 1.82) is 0 Å². The number of carbonyl (C=O) groups excluding carboxylic acids is 1. The Balaban J connectivity index is 1.57. The van der Waals surface area contributed by atoms with Crippen molar-refractivity contribution in [1.82, 2.24) is 15.0 Å². The fourth-order valence-electron chi connectivity index (χ4n) is 3.68. The number of nitrogens with zero attached hydrogens (tertiary/aromatic N) is 3. The normalized spacial score (nSPS) is 14.8. The average molecular weight is 361 g/mol. The first kappa shape index (κ1) is 17.5. The van der Waals surface area contributed by atoms with E-state index in [1.54, 1.807) is 0 Å². The summed E-state index contributed by atoms with van der Waals surface area (Å²) in [5.74, 6) is 1.06. The van der Waals surface area contributed by atoms with Gasteiger partial charge in [-0.1, -0.05) is 73.0 Å². The van der Waals surface area contributed by atoms with Gasteiger partial charge in [0.05, 0.1) is 0 Å². The van der Waals surface area contributed by atoms with E-state index in [0.29, 0.717) is 23.8 Å². The summed E-state index contributed by atoms with van der Waals surface area (Å²) in [6.45, 7) is 0.345. The Labute approximate surface area is 159 Å². The quantitative estimate of drug-likeness (QED) is 0.660. The van der Waals surface area contributed by atoms with Gasteiger partial charge < -0.3 is 9.42 Å². The molecule has 5 nitrogen and oxygen atoms in total.